The Hall–Kier alpha value is -8.05. The highest BCUT2D eigenvalue weighted by Crippen LogP contribution is 2.46. The maximum absolute atomic E-state index is 7.87. The molecule has 0 fully saturated rings. The molecule has 0 unspecified atom stereocenters. The van der Waals surface area contributed by atoms with E-state index in [4.69, 9.17) is 11.6 Å². The first-order chi connectivity index (χ1) is 31.6. The summed E-state index contributed by atoms with van der Waals surface area (Å²) in [5.41, 5.74) is 11.8. The van der Waals surface area contributed by atoms with Crippen LogP contribution in [0.5, 0.6) is 0 Å². The molecule has 0 aliphatic heterocycles. The highest BCUT2D eigenvalue weighted by molar-refractivity contribution is 6.36. The molecular weight excluding hydrogens is 800 g/mol. The number of benzene rings is 10. The van der Waals surface area contributed by atoms with Gasteiger partial charge in [-0.3, -0.25) is 0 Å². The second kappa shape index (κ2) is 15.4. The summed E-state index contributed by atoms with van der Waals surface area (Å²) >= 11 is 7.87. The van der Waals surface area contributed by atoms with Gasteiger partial charge in [-0.25, -0.2) is 0 Å². The molecule has 0 saturated carbocycles. The maximum atomic E-state index is 7.87. The van der Waals surface area contributed by atoms with Crippen LogP contribution < -0.4 is 9.80 Å². The molecule has 64 heavy (non-hydrogen) atoms. The Kier molecular flexibility index (Phi) is 9.06. The zero-order chi connectivity index (χ0) is 42.7. The first-order valence-corrected chi connectivity index (χ1v) is 22.1. The van der Waals surface area contributed by atoms with Crippen molar-refractivity contribution in [1.29, 1.82) is 0 Å². The third-order valence-electron chi connectivity index (χ3n) is 12.6. The molecule has 0 radical (unpaired) electrons. The van der Waals surface area contributed by atoms with Crippen LogP contribution in [0, 0.1) is 6.92 Å². The molecule has 10 aromatic carbocycles. The normalized spacial score (nSPS) is 11.6. The minimum absolute atomic E-state index is 0.671. The Balaban J connectivity index is 1.06. The largest absolute Gasteiger partial charge is 0.315 e. The smallest absolute Gasteiger partial charge is 0.0893 e. The van der Waals surface area contributed by atoms with Gasteiger partial charge >= 0.3 is 0 Å². The first kappa shape index (κ1) is 37.7. The molecular formula is C59H41ClN4. The van der Waals surface area contributed by atoms with Crippen LogP contribution in [-0.4, -0.2) is 9.13 Å². The lowest BCUT2D eigenvalue weighted by Crippen LogP contribution is -2.11. The predicted molar refractivity (Wildman–Crippen MR) is 272 cm³/mol. The van der Waals surface area contributed by atoms with Crippen LogP contribution in [-0.2, 0) is 0 Å². The summed E-state index contributed by atoms with van der Waals surface area (Å²) in [6, 6.07) is 78.1. The fourth-order valence-electron chi connectivity index (χ4n) is 9.75. The zero-order valence-electron chi connectivity index (χ0n) is 35.1. The molecule has 0 bridgehead atoms. The van der Waals surface area contributed by atoms with Crippen LogP contribution in [0.1, 0.15) is 5.56 Å². The topological polar surface area (TPSA) is 16.3 Å². The Bertz CT molecular complexity index is 3710. The molecule has 0 atom stereocenters. The van der Waals surface area contributed by atoms with E-state index in [9.17, 15) is 0 Å². The number of anilines is 6. The van der Waals surface area contributed by atoms with Gasteiger partial charge in [0.1, 0.15) is 0 Å². The van der Waals surface area contributed by atoms with E-state index >= 15 is 0 Å². The second-order valence-electron chi connectivity index (χ2n) is 16.4. The molecule has 2 aromatic heterocycles. The number of fused-ring (bicyclic) bond motifs is 5. The van der Waals surface area contributed by atoms with Gasteiger partial charge in [0.15, 0.2) is 0 Å². The van der Waals surface area contributed by atoms with Gasteiger partial charge < -0.3 is 18.9 Å². The molecule has 0 amide bonds. The Morgan fingerprint density at radius 1 is 0.359 bits per heavy atom. The van der Waals surface area contributed by atoms with E-state index in [0.29, 0.717) is 5.02 Å². The van der Waals surface area contributed by atoms with Crippen molar-refractivity contribution < 1.29 is 0 Å². The van der Waals surface area contributed by atoms with Gasteiger partial charge in [0.25, 0.3) is 0 Å². The lowest BCUT2D eigenvalue weighted by Gasteiger charge is -2.28. The monoisotopic (exact) mass is 840 g/mol. The van der Waals surface area contributed by atoms with Gasteiger partial charge in [-0.05, 0) is 102 Å². The van der Waals surface area contributed by atoms with E-state index in [1.807, 2.05) is 0 Å². The summed E-state index contributed by atoms with van der Waals surface area (Å²) in [5.74, 6) is 0. The van der Waals surface area contributed by atoms with E-state index in [1.54, 1.807) is 0 Å². The van der Waals surface area contributed by atoms with Crippen molar-refractivity contribution in [2.75, 3.05) is 9.80 Å². The minimum Gasteiger partial charge on any atom is -0.315 e. The van der Waals surface area contributed by atoms with Crippen molar-refractivity contribution in [1.82, 2.24) is 9.13 Å². The Morgan fingerprint density at radius 2 is 0.812 bits per heavy atom. The lowest BCUT2D eigenvalue weighted by atomic mass is 10.0. The Morgan fingerprint density at radius 3 is 1.38 bits per heavy atom. The summed E-state index contributed by atoms with van der Waals surface area (Å²) in [6.07, 6.45) is 4.35. The summed E-state index contributed by atoms with van der Waals surface area (Å²) < 4.78 is 4.54. The van der Waals surface area contributed by atoms with Gasteiger partial charge in [-0.1, -0.05) is 157 Å². The van der Waals surface area contributed by atoms with Gasteiger partial charge in [0.05, 0.1) is 50.2 Å². The van der Waals surface area contributed by atoms with Crippen molar-refractivity contribution in [2.45, 2.75) is 6.92 Å². The van der Waals surface area contributed by atoms with Crippen LogP contribution in [0.3, 0.4) is 0 Å². The van der Waals surface area contributed by atoms with E-state index in [-0.39, 0.29) is 0 Å². The average molecular weight is 841 g/mol. The number of nitrogens with zero attached hydrogens (tertiary/aromatic N) is 4. The molecule has 0 aliphatic rings. The highest BCUT2D eigenvalue weighted by atomic mass is 35.5. The van der Waals surface area contributed by atoms with Crippen LogP contribution in [0.2, 0.25) is 5.02 Å². The quantitative estimate of drug-likeness (QED) is 0.152. The maximum Gasteiger partial charge on any atom is 0.0893 e. The van der Waals surface area contributed by atoms with Crippen molar-refractivity contribution in [3.05, 3.63) is 241 Å². The zero-order valence-corrected chi connectivity index (χ0v) is 35.9. The summed E-state index contributed by atoms with van der Waals surface area (Å²) in [4.78, 5) is 4.77. The molecule has 12 rings (SSSR count). The van der Waals surface area contributed by atoms with Crippen LogP contribution in [0.15, 0.2) is 231 Å². The van der Waals surface area contributed by atoms with E-state index < -0.39 is 0 Å². The molecule has 0 aliphatic carbocycles. The summed E-state index contributed by atoms with van der Waals surface area (Å²) in [7, 11) is 0. The number of para-hydroxylation sites is 2. The van der Waals surface area contributed by atoms with Crippen LogP contribution >= 0.6 is 11.6 Å². The van der Waals surface area contributed by atoms with Gasteiger partial charge in [0, 0.05) is 50.7 Å². The molecule has 0 N–H and O–H groups in total. The number of aryl methyl sites for hydroxylation is 1. The van der Waals surface area contributed by atoms with Crippen LogP contribution in [0.25, 0.3) is 65.5 Å². The first-order valence-electron chi connectivity index (χ1n) is 21.7. The van der Waals surface area contributed by atoms with E-state index in [1.165, 1.54) is 27.1 Å². The van der Waals surface area contributed by atoms with Crippen LogP contribution in [0.4, 0.5) is 34.1 Å². The number of aromatic nitrogens is 2. The summed E-state index contributed by atoms with van der Waals surface area (Å²) in [5, 5.41) is 9.88. The second-order valence-corrected chi connectivity index (χ2v) is 16.8. The van der Waals surface area contributed by atoms with Crippen molar-refractivity contribution in [3.63, 3.8) is 0 Å². The average Bonchev–Trinajstić information content (AvgIpc) is 3.98. The summed E-state index contributed by atoms with van der Waals surface area (Å²) in [6.45, 7) is 2.15. The van der Waals surface area contributed by atoms with Crippen molar-refractivity contribution in [2.24, 2.45) is 0 Å². The van der Waals surface area contributed by atoms with Gasteiger partial charge in [0.2, 0.25) is 0 Å². The SMILES string of the molecule is Cc1ccc2c(-n3ccc4c(N(c5ccccc5)c5cccc6ccccc56)cccc43)c(Cl)c(-n3ccc4c(N(c5ccccc5)c5cccc6ccccc56)cccc43)cc2c1. The van der Waals surface area contributed by atoms with Crippen molar-refractivity contribution >= 4 is 99.8 Å². The molecule has 0 spiro atoms. The molecule has 12 aromatic rings. The van der Waals surface area contributed by atoms with Crippen molar-refractivity contribution in [3.8, 4) is 11.4 Å². The molecule has 304 valence electrons. The van der Waals surface area contributed by atoms with Gasteiger partial charge in [-0.2, -0.15) is 0 Å². The number of halogens is 1. The molecule has 2 heterocycles. The fraction of sp³-hybridized carbons (Fsp3) is 0.0169. The minimum atomic E-state index is 0.671. The Labute approximate surface area is 376 Å². The third kappa shape index (κ3) is 6.14. The number of rotatable bonds is 8. The number of hydrogen-bond acceptors (Lipinski definition) is 2. The third-order valence-corrected chi connectivity index (χ3v) is 13.0. The van der Waals surface area contributed by atoms with E-state index in [2.05, 4.69) is 257 Å². The fourth-order valence-corrected chi connectivity index (χ4v) is 10.1. The van der Waals surface area contributed by atoms with Gasteiger partial charge in [-0.15, -0.1) is 0 Å². The molecule has 4 nitrogen and oxygen atoms in total. The predicted octanol–water partition coefficient (Wildman–Crippen LogP) is 16.9. The molecule has 5 heteroatoms. The standard InChI is InChI=1S/C59H41ClN4/c1-40-32-33-48-43(38-40)39-57(61-36-34-49-51(61)26-14-30-55(49)63(44-20-4-2-5-21-44)53-28-12-18-41-16-8-10-24-46(41)53)58(60)59(48)62-37-35-50-52(62)27-15-31-56(50)64(45-22-6-3-7-23-45)54-29-13-19-42-17-9-11-25-47(42)54/h2-39H,1H3. The lowest BCUT2D eigenvalue weighted by molar-refractivity contribution is 1.10. The molecule has 0 saturated heterocycles. The van der Waals surface area contributed by atoms with E-state index in [0.717, 1.165) is 78.1 Å². The number of hydrogen-bond donors (Lipinski definition) is 0. The highest BCUT2D eigenvalue weighted by Gasteiger charge is 2.24.